The van der Waals surface area contributed by atoms with Crippen molar-refractivity contribution in [3.63, 3.8) is 0 Å². The van der Waals surface area contributed by atoms with E-state index in [-0.39, 0.29) is 17.5 Å². The Bertz CT molecular complexity index is 499. The third-order valence-corrected chi connectivity index (χ3v) is 5.34. The van der Waals surface area contributed by atoms with Crippen LogP contribution in [0.1, 0.15) is 45.4 Å². The van der Waals surface area contributed by atoms with E-state index in [1.807, 2.05) is 6.92 Å². The molecular formula is C16H27N5O2. The Morgan fingerprint density at radius 3 is 2.91 bits per heavy atom. The summed E-state index contributed by atoms with van der Waals surface area (Å²) in [6.45, 7) is 3.98. The Labute approximate surface area is 137 Å². The highest BCUT2D eigenvalue weighted by Crippen LogP contribution is 2.53. The molecule has 2 aliphatic rings. The summed E-state index contributed by atoms with van der Waals surface area (Å²) in [6.07, 6.45) is 10.8. The summed E-state index contributed by atoms with van der Waals surface area (Å²) in [4.78, 5) is 12.2. The quantitative estimate of drug-likeness (QED) is 0.836. The van der Waals surface area contributed by atoms with Crippen molar-refractivity contribution < 1.29 is 9.53 Å². The fraction of sp³-hybridized carbons (Fsp3) is 0.812. The molecular weight excluding hydrogens is 294 g/mol. The lowest BCUT2D eigenvalue weighted by atomic mass is 9.55. The smallest absolute Gasteiger partial charge is 0.315 e. The summed E-state index contributed by atoms with van der Waals surface area (Å²) in [6, 6.07) is 0.153. The van der Waals surface area contributed by atoms with Crippen LogP contribution in [0.2, 0.25) is 0 Å². The van der Waals surface area contributed by atoms with Crippen LogP contribution in [0.3, 0.4) is 0 Å². The second kappa shape index (κ2) is 7.29. The van der Waals surface area contributed by atoms with E-state index in [2.05, 4.69) is 20.9 Å². The first-order chi connectivity index (χ1) is 11.2. The van der Waals surface area contributed by atoms with Gasteiger partial charge in [-0.05, 0) is 26.2 Å². The monoisotopic (exact) mass is 321 g/mol. The van der Waals surface area contributed by atoms with Gasteiger partial charge in [-0.15, -0.1) is 5.10 Å². The SMILES string of the molecule is CCO[C@@H]1C[C@H](NC(=O)NCCn2ccnn2)C12CCCCC2. The molecule has 1 aromatic rings. The Morgan fingerprint density at radius 2 is 2.22 bits per heavy atom. The molecule has 0 radical (unpaired) electrons. The predicted octanol–water partition coefficient (Wildman–Crippen LogP) is 1.71. The fourth-order valence-corrected chi connectivity index (χ4v) is 4.11. The van der Waals surface area contributed by atoms with Gasteiger partial charge in [0.15, 0.2) is 0 Å². The summed E-state index contributed by atoms with van der Waals surface area (Å²) < 4.78 is 7.63. The Hall–Kier alpha value is -1.63. The molecule has 2 aliphatic carbocycles. The summed E-state index contributed by atoms with van der Waals surface area (Å²) in [5, 5.41) is 13.7. The van der Waals surface area contributed by atoms with Crippen molar-refractivity contribution in [1.29, 1.82) is 0 Å². The molecule has 0 bridgehead atoms. The highest BCUT2D eigenvalue weighted by molar-refractivity contribution is 5.74. The van der Waals surface area contributed by atoms with E-state index in [1.165, 1.54) is 32.1 Å². The molecule has 0 aromatic carbocycles. The van der Waals surface area contributed by atoms with Gasteiger partial charge in [0.2, 0.25) is 0 Å². The number of aromatic nitrogens is 3. The van der Waals surface area contributed by atoms with Gasteiger partial charge in [0, 0.05) is 30.8 Å². The second-order valence-electron chi connectivity index (χ2n) is 6.59. The molecule has 2 fully saturated rings. The zero-order valence-electron chi connectivity index (χ0n) is 13.8. The molecule has 7 nitrogen and oxygen atoms in total. The van der Waals surface area contributed by atoms with E-state index in [0.29, 0.717) is 19.2 Å². The number of amides is 2. The number of nitrogens with zero attached hydrogens (tertiary/aromatic N) is 3. The van der Waals surface area contributed by atoms with Gasteiger partial charge in [0.1, 0.15) is 0 Å². The van der Waals surface area contributed by atoms with Gasteiger partial charge in [-0.25, -0.2) is 4.79 Å². The predicted molar refractivity (Wildman–Crippen MR) is 85.9 cm³/mol. The maximum atomic E-state index is 12.2. The highest BCUT2D eigenvalue weighted by atomic mass is 16.5. The largest absolute Gasteiger partial charge is 0.378 e. The van der Waals surface area contributed by atoms with Crippen molar-refractivity contribution in [1.82, 2.24) is 25.6 Å². The molecule has 2 amide bonds. The average molecular weight is 321 g/mol. The van der Waals surface area contributed by atoms with Crippen molar-refractivity contribution in [3.05, 3.63) is 12.4 Å². The minimum absolute atomic E-state index is 0.0880. The average Bonchev–Trinajstić information content (AvgIpc) is 3.08. The molecule has 0 saturated heterocycles. The Balaban J connectivity index is 1.47. The number of nitrogens with one attached hydrogen (secondary N) is 2. The molecule has 2 saturated carbocycles. The molecule has 3 rings (SSSR count). The first-order valence-electron chi connectivity index (χ1n) is 8.74. The van der Waals surface area contributed by atoms with Crippen LogP contribution in [-0.4, -0.2) is 46.3 Å². The van der Waals surface area contributed by atoms with Crippen molar-refractivity contribution in [3.8, 4) is 0 Å². The summed E-state index contributed by atoms with van der Waals surface area (Å²) >= 11 is 0. The minimum atomic E-state index is -0.0880. The van der Waals surface area contributed by atoms with Crippen LogP contribution in [0.15, 0.2) is 12.4 Å². The number of ether oxygens (including phenoxy) is 1. The van der Waals surface area contributed by atoms with E-state index in [4.69, 9.17) is 4.74 Å². The van der Waals surface area contributed by atoms with Crippen LogP contribution < -0.4 is 10.6 Å². The molecule has 128 valence electrons. The van der Waals surface area contributed by atoms with Crippen molar-refractivity contribution in [2.75, 3.05) is 13.2 Å². The number of hydrogen-bond acceptors (Lipinski definition) is 4. The van der Waals surface area contributed by atoms with Crippen LogP contribution in [0, 0.1) is 5.41 Å². The Morgan fingerprint density at radius 1 is 1.39 bits per heavy atom. The molecule has 23 heavy (non-hydrogen) atoms. The van der Waals surface area contributed by atoms with Gasteiger partial charge in [0.25, 0.3) is 0 Å². The van der Waals surface area contributed by atoms with Gasteiger partial charge < -0.3 is 15.4 Å². The zero-order valence-corrected chi connectivity index (χ0v) is 13.8. The molecule has 1 spiro atoms. The lowest BCUT2D eigenvalue weighted by Crippen LogP contribution is -2.66. The third-order valence-electron chi connectivity index (χ3n) is 5.34. The van der Waals surface area contributed by atoms with Crippen LogP contribution in [-0.2, 0) is 11.3 Å². The third kappa shape index (κ3) is 3.49. The molecule has 1 heterocycles. The number of carbonyl (C=O) groups is 1. The Kier molecular flexibility index (Phi) is 5.15. The first kappa shape index (κ1) is 16.2. The minimum Gasteiger partial charge on any atom is -0.378 e. The van der Waals surface area contributed by atoms with Gasteiger partial charge >= 0.3 is 6.03 Å². The molecule has 0 unspecified atom stereocenters. The van der Waals surface area contributed by atoms with Crippen LogP contribution in [0.25, 0.3) is 0 Å². The second-order valence-corrected chi connectivity index (χ2v) is 6.59. The molecule has 1 aromatic heterocycles. The first-order valence-corrected chi connectivity index (χ1v) is 8.74. The highest BCUT2D eigenvalue weighted by Gasteiger charge is 2.56. The lowest BCUT2D eigenvalue weighted by Gasteiger charge is -2.57. The molecule has 2 N–H and O–H groups in total. The molecule has 2 atom stereocenters. The van der Waals surface area contributed by atoms with Crippen LogP contribution >= 0.6 is 0 Å². The van der Waals surface area contributed by atoms with Crippen LogP contribution in [0.4, 0.5) is 4.79 Å². The number of carbonyl (C=O) groups excluding carboxylic acids is 1. The maximum absolute atomic E-state index is 12.2. The normalized spacial score (nSPS) is 25.8. The maximum Gasteiger partial charge on any atom is 0.315 e. The zero-order chi connectivity index (χ0) is 16.1. The van der Waals surface area contributed by atoms with Gasteiger partial charge in [-0.3, -0.25) is 4.68 Å². The summed E-state index contributed by atoms with van der Waals surface area (Å²) in [7, 11) is 0. The lowest BCUT2D eigenvalue weighted by molar-refractivity contribution is -0.146. The van der Waals surface area contributed by atoms with Gasteiger partial charge in [0.05, 0.1) is 18.8 Å². The topological polar surface area (TPSA) is 81.1 Å². The molecule has 0 aliphatic heterocycles. The number of rotatable bonds is 6. The summed E-state index contributed by atoms with van der Waals surface area (Å²) in [5.41, 5.74) is 0.164. The van der Waals surface area contributed by atoms with E-state index in [0.717, 1.165) is 13.0 Å². The number of urea groups is 1. The van der Waals surface area contributed by atoms with Crippen LogP contribution in [0.5, 0.6) is 0 Å². The fourth-order valence-electron chi connectivity index (χ4n) is 4.11. The van der Waals surface area contributed by atoms with Gasteiger partial charge in [-0.2, -0.15) is 0 Å². The standard InChI is InChI=1S/C16H27N5O2/c1-2-23-14-12-13(16(14)6-4-3-5-7-16)19-15(22)17-8-10-21-11-9-18-20-21/h9,11,13-14H,2-8,10,12H2,1H3,(H2,17,19,22)/t13-,14+/m0/s1. The van der Waals surface area contributed by atoms with E-state index in [9.17, 15) is 4.79 Å². The number of hydrogen-bond donors (Lipinski definition) is 2. The van der Waals surface area contributed by atoms with Gasteiger partial charge in [-0.1, -0.05) is 24.5 Å². The van der Waals surface area contributed by atoms with E-state index < -0.39 is 0 Å². The van der Waals surface area contributed by atoms with E-state index in [1.54, 1.807) is 17.1 Å². The van der Waals surface area contributed by atoms with E-state index >= 15 is 0 Å². The van der Waals surface area contributed by atoms with Crippen molar-refractivity contribution >= 4 is 6.03 Å². The molecule has 7 heteroatoms. The van der Waals surface area contributed by atoms with Crippen molar-refractivity contribution in [2.24, 2.45) is 5.41 Å². The summed E-state index contributed by atoms with van der Waals surface area (Å²) in [5.74, 6) is 0. The van der Waals surface area contributed by atoms with Crippen molar-refractivity contribution in [2.45, 2.75) is 64.1 Å².